The Balaban J connectivity index is 2.81. The van der Waals surface area contributed by atoms with Crippen LogP contribution in [0.3, 0.4) is 0 Å². The molecule has 0 fully saturated rings. The van der Waals surface area contributed by atoms with Crippen molar-refractivity contribution in [2.75, 3.05) is 38.7 Å². The number of ether oxygens (including phenoxy) is 1. The highest BCUT2D eigenvalue weighted by Crippen LogP contribution is 2.30. The van der Waals surface area contributed by atoms with Crippen LogP contribution in [-0.2, 0) is 0 Å². The number of anilines is 1. The zero-order valence-corrected chi connectivity index (χ0v) is 12.3. The summed E-state index contributed by atoms with van der Waals surface area (Å²) in [6.45, 7) is 9.50. The number of nitrogens with one attached hydrogen (secondary N) is 1. The molecule has 1 rings (SSSR count). The summed E-state index contributed by atoms with van der Waals surface area (Å²) in [5, 5.41) is 3.33. The molecule has 18 heavy (non-hydrogen) atoms. The molecular formula is C15H26N2O. The Labute approximate surface area is 111 Å². The van der Waals surface area contributed by atoms with Gasteiger partial charge in [0, 0.05) is 20.1 Å². The van der Waals surface area contributed by atoms with Crippen LogP contribution in [0, 0.1) is 0 Å². The van der Waals surface area contributed by atoms with Crippen LogP contribution in [0.15, 0.2) is 18.2 Å². The van der Waals surface area contributed by atoms with Gasteiger partial charge in [-0.3, -0.25) is 0 Å². The molecule has 102 valence electrons. The molecule has 3 nitrogen and oxygen atoms in total. The van der Waals surface area contributed by atoms with Crippen molar-refractivity contribution in [1.82, 2.24) is 5.32 Å². The Kier molecular flexibility index (Phi) is 5.99. The number of hydrogen-bond acceptors (Lipinski definition) is 3. The Morgan fingerprint density at radius 3 is 2.61 bits per heavy atom. The molecule has 0 atom stereocenters. The highest BCUT2D eigenvalue weighted by Gasteiger charge is 2.10. The second-order valence-electron chi connectivity index (χ2n) is 4.86. The number of methoxy groups -OCH3 is 1. The fourth-order valence-electron chi connectivity index (χ4n) is 1.91. The average molecular weight is 250 g/mol. The fraction of sp³-hybridized carbons (Fsp3) is 0.600. The molecule has 0 aliphatic heterocycles. The quantitative estimate of drug-likeness (QED) is 0.753. The van der Waals surface area contributed by atoms with E-state index < -0.39 is 0 Å². The molecule has 0 radical (unpaired) electrons. The minimum absolute atomic E-state index is 0.528. The van der Waals surface area contributed by atoms with Gasteiger partial charge >= 0.3 is 0 Å². The van der Waals surface area contributed by atoms with Crippen molar-refractivity contribution in [2.24, 2.45) is 0 Å². The molecule has 0 unspecified atom stereocenters. The Morgan fingerprint density at radius 1 is 1.33 bits per heavy atom. The minimum Gasteiger partial charge on any atom is -0.495 e. The van der Waals surface area contributed by atoms with Crippen LogP contribution >= 0.6 is 0 Å². The summed E-state index contributed by atoms with van der Waals surface area (Å²) in [7, 11) is 3.84. The third-order valence-electron chi connectivity index (χ3n) is 3.16. The van der Waals surface area contributed by atoms with Crippen molar-refractivity contribution in [3.05, 3.63) is 23.8 Å². The van der Waals surface area contributed by atoms with E-state index in [1.165, 1.54) is 5.56 Å². The summed E-state index contributed by atoms with van der Waals surface area (Å²) < 4.78 is 5.50. The number of nitrogens with zero attached hydrogens (tertiary/aromatic N) is 1. The minimum atomic E-state index is 0.528. The summed E-state index contributed by atoms with van der Waals surface area (Å²) in [5.74, 6) is 1.49. The smallest absolute Gasteiger partial charge is 0.142 e. The van der Waals surface area contributed by atoms with Crippen LogP contribution in [0.1, 0.15) is 32.3 Å². The molecule has 0 saturated heterocycles. The number of rotatable bonds is 7. The molecular weight excluding hydrogens is 224 g/mol. The van der Waals surface area contributed by atoms with Gasteiger partial charge in [-0.2, -0.15) is 0 Å². The van der Waals surface area contributed by atoms with E-state index in [9.17, 15) is 0 Å². The van der Waals surface area contributed by atoms with Gasteiger partial charge in [-0.15, -0.1) is 0 Å². The van der Waals surface area contributed by atoms with Crippen LogP contribution in [0.5, 0.6) is 5.75 Å². The van der Waals surface area contributed by atoms with E-state index in [1.807, 2.05) is 0 Å². The zero-order valence-electron chi connectivity index (χ0n) is 12.3. The van der Waals surface area contributed by atoms with Crippen LogP contribution in [0.25, 0.3) is 0 Å². The van der Waals surface area contributed by atoms with Gasteiger partial charge in [-0.05, 0) is 30.2 Å². The lowest BCUT2D eigenvalue weighted by Crippen LogP contribution is -2.29. The number of likely N-dealkylation sites (N-methyl/N-ethyl adjacent to an activating group) is 2. The molecule has 0 bridgehead atoms. The molecule has 0 aliphatic carbocycles. The van der Waals surface area contributed by atoms with Crippen LogP contribution in [0.2, 0.25) is 0 Å². The lowest BCUT2D eigenvalue weighted by Gasteiger charge is -2.23. The molecule has 1 aromatic rings. The van der Waals surface area contributed by atoms with Gasteiger partial charge in [0.25, 0.3) is 0 Å². The predicted molar refractivity (Wildman–Crippen MR) is 78.9 cm³/mol. The average Bonchev–Trinajstić information content (AvgIpc) is 2.38. The lowest BCUT2D eigenvalue weighted by molar-refractivity contribution is 0.414. The van der Waals surface area contributed by atoms with E-state index in [2.05, 4.69) is 56.2 Å². The van der Waals surface area contributed by atoms with Gasteiger partial charge in [0.05, 0.1) is 12.8 Å². The predicted octanol–water partition coefficient (Wildman–Crippen LogP) is 2.86. The molecule has 1 aromatic carbocycles. The molecule has 0 aliphatic rings. The zero-order chi connectivity index (χ0) is 13.5. The van der Waals surface area contributed by atoms with E-state index in [0.717, 1.165) is 31.1 Å². The van der Waals surface area contributed by atoms with Crippen LogP contribution < -0.4 is 15.0 Å². The monoisotopic (exact) mass is 250 g/mol. The van der Waals surface area contributed by atoms with Crippen molar-refractivity contribution >= 4 is 5.69 Å². The standard InChI is InChI=1S/C15H26N2O/c1-6-16-9-10-17(4)14-8-7-13(12(2)3)11-15(14)18-5/h7-8,11-12,16H,6,9-10H2,1-5H3. The number of benzene rings is 1. The summed E-state index contributed by atoms with van der Waals surface area (Å²) in [4.78, 5) is 2.23. The Hall–Kier alpha value is -1.22. The van der Waals surface area contributed by atoms with Gasteiger partial charge in [0.15, 0.2) is 0 Å². The molecule has 0 amide bonds. The lowest BCUT2D eigenvalue weighted by atomic mass is 10.0. The van der Waals surface area contributed by atoms with Gasteiger partial charge in [0.2, 0.25) is 0 Å². The van der Waals surface area contributed by atoms with Crippen LogP contribution in [-0.4, -0.2) is 33.8 Å². The maximum atomic E-state index is 5.50. The van der Waals surface area contributed by atoms with E-state index >= 15 is 0 Å². The highest BCUT2D eigenvalue weighted by atomic mass is 16.5. The second kappa shape index (κ2) is 7.27. The van der Waals surface area contributed by atoms with E-state index in [1.54, 1.807) is 7.11 Å². The van der Waals surface area contributed by atoms with E-state index in [4.69, 9.17) is 4.74 Å². The topological polar surface area (TPSA) is 24.5 Å². The summed E-state index contributed by atoms with van der Waals surface area (Å²) in [6, 6.07) is 6.48. The molecule has 0 spiro atoms. The summed E-state index contributed by atoms with van der Waals surface area (Å²) in [5.41, 5.74) is 2.47. The first kappa shape index (κ1) is 14.8. The van der Waals surface area contributed by atoms with E-state index in [-0.39, 0.29) is 0 Å². The van der Waals surface area contributed by atoms with Crippen molar-refractivity contribution < 1.29 is 4.74 Å². The molecule has 1 N–H and O–H groups in total. The maximum Gasteiger partial charge on any atom is 0.142 e. The normalized spacial score (nSPS) is 10.8. The first-order chi connectivity index (χ1) is 8.60. The summed E-state index contributed by atoms with van der Waals surface area (Å²) >= 11 is 0. The van der Waals surface area contributed by atoms with Crippen LogP contribution in [0.4, 0.5) is 5.69 Å². The second-order valence-corrected chi connectivity index (χ2v) is 4.86. The summed E-state index contributed by atoms with van der Waals surface area (Å²) in [6.07, 6.45) is 0. The Morgan fingerprint density at radius 2 is 2.06 bits per heavy atom. The van der Waals surface area contributed by atoms with Crippen molar-refractivity contribution in [3.63, 3.8) is 0 Å². The van der Waals surface area contributed by atoms with Gasteiger partial charge in [-0.25, -0.2) is 0 Å². The molecule has 0 heterocycles. The highest BCUT2D eigenvalue weighted by molar-refractivity contribution is 5.59. The Bertz CT molecular complexity index is 364. The number of hydrogen-bond donors (Lipinski definition) is 1. The largest absolute Gasteiger partial charge is 0.495 e. The third kappa shape index (κ3) is 3.91. The van der Waals surface area contributed by atoms with Crippen molar-refractivity contribution in [2.45, 2.75) is 26.7 Å². The SMILES string of the molecule is CCNCCN(C)c1ccc(C(C)C)cc1OC. The van der Waals surface area contributed by atoms with E-state index in [0.29, 0.717) is 5.92 Å². The van der Waals surface area contributed by atoms with Gasteiger partial charge in [-0.1, -0.05) is 26.8 Å². The van der Waals surface area contributed by atoms with Crippen molar-refractivity contribution in [3.8, 4) is 5.75 Å². The van der Waals surface area contributed by atoms with Crippen molar-refractivity contribution in [1.29, 1.82) is 0 Å². The van der Waals surface area contributed by atoms with Gasteiger partial charge in [0.1, 0.15) is 5.75 Å². The molecule has 0 saturated carbocycles. The third-order valence-corrected chi connectivity index (χ3v) is 3.16. The first-order valence-corrected chi connectivity index (χ1v) is 6.70. The molecule has 0 aromatic heterocycles. The first-order valence-electron chi connectivity index (χ1n) is 6.70. The van der Waals surface area contributed by atoms with Gasteiger partial charge < -0.3 is 15.0 Å². The fourth-order valence-corrected chi connectivity index (χ4v) is 1.91. The molecule has 3 heteroatoms. The maximum absolute atomic E-state index is 5.50.